The maximum atomic E-state index is 11.8. The van der Waals surface area contributed by atoms with Gasteiger partial charge in [0.1, 0.15) is 12.4 Å². The van der Waals surface area contributed by atoms with Crippen LogP contribution in [0.1, 0.15) is 11.1 Å². The number of aliphatic imine (C=N–C) groups is 1. The highest BCUT2D eigenvalue weighted by molar-refractivity contribution is 9.11. The molecule has 0 atom stereocenters. The van der Waals surface area contributed by atoms with Gasteiger partial charge in [0, 0.05) is 10.0 Å². The molecule has 1 aliphatic heterocycles. The maximum Gasteiger partial charge on any atom is 0.286 e. The number of amides is 1. The van der Waals surface area contributed by atoms with Crippen molar-refractivity contribution in [3.63, 3.8) is 0 Å². The Kier molecular flexibility index (Phi) is 5.43. The van der Waals surface area contributed by atoms with Gasteiger partial charge in [0.15, 0.2) is 5.17 Å². The number of carbonyl (C=O) groups is 1. The molecule has 2 aromatic carbocycles. The zero-order chi connectivity index (χ0) is 17.1. The van der Waals surface area contributed by atoms with Gasteiger partial charge in [-0.15, -0.1) is 0 Å². The van der Waals surface area contributed by atoms with E-state index in [1.807, 2.05) is 42.5 Å². The number of hydrogen-bond donors (Lipinski definition) is 1. The Morgan fingerprint density at radius 2 is 1.96 bits per heavy atom. The number of carbonyl (C=O) groups excluding carboxylic acids is 1. The lowest BCUT2D eigenvalue weighted by Gasteiger charge is -2.12. The Morgan fingerprint density at radius 3 is 2.62 bits per heavy atom. The van der Waals surface area contributed by atoms with Crippen molar-refractivity contribution in [2.45, 2.75) is 6.61 Å². The van der Waals surface area contributed by atoms with Gasteiger partial charge in [0.2, 0.25) is 0 Å². The molecule has 0 fully saturated rings. The predicted molar refractivity (Wildman–Crippen MR) is 105 cm³/mol. The fourth-order valence-electron chi connectivity index (χ4n) is 2.14. The van der Waals surface area contributed by atoms with E-state index in [0.717, 1.165) is 31.8 Å². The first kappa shape index (κ1) is 17.3. The average molecular weight is 468 g/mol. The predicted octanol–water partition coefficient (Wildman–Crippen LogP) is 4.72. The molecule has 0 aliphatic carbocycles. The molecule has 7 heteroatoms. The average Bonchev–Trinajstić information content (AvgIpc) is 2.85. The van der Waals surface area contributed by atoms with E-state index in [1.165, 1.54) is 0 Å². The Morgan fingerprint density at radius 1 is 1.21 bits per heavy atom. The summed E-state index contributed by atoms with van der Waals surface area (Å²) in [4.78, 5) is 16.0. The monoisotopic (exact) mass is 466 g/mol. The Bertz CT molecular complexity index is 851. The number of halogens is 2. The third-order valence-electron chi connectivity index (χ3n) is 3.19. The SMILES string of the molecule is NC1=NC(=O)/C(=C/c2cc(Br)cc(Br)c2OCc2ccccc2)S1. The van der Waals surface area contributed by atoms with Crippen LogP contribution >= 0.6 is 43.6 Å². The van der Waals surface area contributed by atoms with Crippen LogP contribution in [0.25, 0.3) is 6.08 Å². The van der Waals surface area contributed by atoms with Gasteiger partial charge < -0.3 is 10.5 Å². The number of amidine groups is 1. The van der Waals surface area contributed by atoms with Gasteiger partial charge in [0.25, 0.3) is 5.91 Å². The number of nitrogens with zero attached hydrogens (tertiary/aromatic N) is 1. The minimum absolute atomic E-state index is 0.257. The van der Waals surface area contributed by atoms with Crippen LogP contribution in [0.5, 0.6) is 5.75 Å². The molecule has 24 heavy (non-hydrogen) atoms. The first-order valence-electron chi connectivity index (χ1n) is 6.97. The molecule has 0 radical (unpaired) electrons. The zero-order valence-electron chi connectivity index (χ0n) is 12.3. The van der Waals surface area contributed by atoms with Gasteiger partial charge in [-0.3, -0.25) is 4.79 Å². The summed E-state index contributed by atoms with van der Waals surface area (Å²) in [5.74, 6) is 0.330. The largest absolute Gasteiger partial charge is 0.487 e. The molecule has 0 unspecified atom stereocenters. The first-order valence-corrected chi connectivity index (χ1v) is 9.37. The summed E-state index contributed by atoms with van der Waals surface area (Å²) in [6.45, 7) is 0.428. The van der Waals surface area contributed by atoms with Crippen molar-refractivity contribution < 1.29 is 9.53 Å². The maximum absolute atomic E-state index is 11.8. The van der Waals surface area contributed by atoms with Crippen molar-refractivity contribution in [2.75, 3.05) is 0 Å². The summed E-state index contributed by atoms with van der Waals surface area (Å²) in [5, 5.41) is 0.257. The number of benzene rings is 2. The standard InChI is InChI=1S/C17H12Br2N2O2S/c18-12-6-11(7-14-16(22)21-17(20)24-14)15(13(19)8-12)23-9-10-4-2-1-3-5-10/h1-8H,9H2,(H2,20,21,22)/b14-7-. The van der Waals surface area contributed by atoms with E-state index in [-0.39, 0.29) is 11.1 Å². The van der Waals surface area contributed by atoms with Gasteiger partial charge in [-0.05, 0) is 51.5 Å². The van der Waals surface area contributed by atoms with Crippen LogP contribution < -0.4 is 10.5 Å². The van der Waals surface area contributed by atoms with Crippen molar-refractivity contribution in [1.82, 2.24) is 0 Å². The first-order chi connectivity index (χ1) is 11.5. The van der Waals surface area contributed by atoms with Crippen molar-refractivity contribution in [2.24, 2.45) is 10.7 Å². The Labute approximate surface area is 160 Å². The molecule has 0 saturated carbocycles. The zero-order valence-corrected chi connectivity index (χ0v) is 16.3. The highest BCUT2D eigenvalue weighted by Crippen LogP contribution is 2.37. The molecule has 122 valence electrons. The van der Waals surface area contributed by atoms with E-state index in [9.17, 15) is 4.79 Å². The lowest BCUT2D eigenvalue weighted by Crippen LogP contribution is -2.01. The lowest BCUT2D eigenvalue weighted by atomic mass is 10.2. The lowest BCUT2D eigenvalue weighted by molar-refractivity contribution is -0.113. The second-order valence-electron chi connectivity index (χ2n) is 4.95. The highest BCUT2D eigenvalue weighted by atomic mass is 79.9. The van der Waals surface area contributed by atoms with E-state index in [2.05, 4.69) is 36.9 Å². The summed E-state index contributed by atoms with van der Waals surface area (Å²) >= 11 is 8.13. The second-order valence-corrected chi connectivity index (χ2v) is 7.78. The number of nitrogens with two attached hydrogens (primary N) is 1. The van der Waals surface area contributed by atoms with Crippen LogP contribution in [-0.4, -0.2) is 11.1 Å². The summed E-state index contributed by atoms with van der Waals surface area (Å²) in [7, 11) is 0. The molecule has 2 N–H and O–H groups in total. The van der Waals surface area contributed by atoms with Crippen LogP contribution in [0.4, 0.5) is 0 Å². The van der Waals surface area contributed by atoms with Crippen molar-refractivity contribution in [3.8, 4) is 5.75 Å². The molecular formula is C17H12Br2N2O2S. The highest BCUT2D eigenvalue weighted by Gasteiger charge is 2.21. The topological polar surface area (TPSA) is 64.7 Å². The fraction of sp³-hybridized carbons (Fsp3) is 0.0588. The van der Waals surface area contributed by atoms with Crippen molar-refractivity contribution in [1.29, 1.82) is 0 Å². The van der Waals surface area contributed by atoms with E-state index < -0.39 is 0 Å². The third-order valence-corrected chi connectivity index (χ3v) is 5.05. The number of thioether (sulfide) groups is 1. The molecule has 1 amide bonds. The summed E-state index contributed by atoms with van der Waals surface area (Å²) in [6.07, 6.45) is 1.74. The molecule has 0 bridgehead atoms. The molecule has 0 spiro atoms. The molecule has 4 nitrogen and oxygen atoms in total. The smallest absolute Gasteiger partial charge is 0.286 e. The fourth-order valence-corrected chi connectivity index (χ4v) is 4.18. The van der Waals surface area contributed by atoms with Crippen LogP contribution in [0.3, 0.4) is 0 Å². The van der Waals surface area contributed by atoms with Gasteiger partial charge >= 0.3 is 0 Å². The number of hydrogen-bond acceptors (Lipinski definition) is 4. The van der Waals surface area contributed by atoms with E-state index in [0.29, 0.717) is 17.3 Å². The van der Waals surface area contributed by atoms with Gasteiger partial charge in [-0.25, -0.2) is 0 Å². The van der Waals surface area contributed by atoms with E-state index in [1.54, 1.807) is 6.08 Å². The minimum Gasteiger partial charge on any atom is -0.487 e. The third kappa shape index (κ3) is 4.09. The van der Waals surface area contributed by atoms with E-state index in [4.69, 9.17) is 10.5 Å². The van der Waals surface area contributed by atoms with Crippen molar-refractivity contribution >= 4 is 60.8 Å². The summed E-state index contributed by atoms with van der Waals surface area (Å²) in [6, 6.07) is 13.7. The van der Waals surface area contributed by atoms with E-state index >= 15 is 0 Å². The molecule has 0 saturated heterocycles. The molecule has 0 aromatic heterocycles. The van der Waals surface area contributed by atoms with Crippen LogP contribution in [0.15, 0.2) is 61.3 Å². The summed E-state index contributed by atoms with van der Waals surface area (Å²) < 4.78 is 7.65. The minimum atomic E-state index is -0.331. The number of ether oxygens (including phenoxy) is 1. The molecule has 1 heterocycles. The van der Waals surface area contributed by atoms with Crippen LogP contribution in [-0.2, 0) is 11.4 Å². The summed E-state index contributed by atoms with van der Waals surface area (Å²) in [5.41, 5.74) is 7.43. The molecule has 1 aliphatic rings. The quantitative estimate of drug-likeness (QED) is 0.660. The van der Waals surface area contributed by atoms with Crippen LogP contribution in [0.2, 0.25) is 0 Å². The Balaban J connectivity index is 1.91. The van der Waals surface area contributed by atoms with Gasteiger partial charge in [0.05, 0.1) is 9.38 Å². The Hall–Kier alpha value is -1.57. The molecule has 3 rings (SSSR count). The van der Waals surface area contributed by atoms with Gasteiger partial charge in [-0.1, -0.05) is 46.3 Å². The van der Waals surface area contributed by atoms with Crippen molar-refractivity contribution in [3.05, 3.63) is 67.4 Å². The molecular weight excluding hydrogens is 456 g/mol. The normalized spacial score (nSPS) is 15.7. The van der Waals surface area contributed by atoms with Crippen LogP contribution in [0, 0.1) is 0 Å². The second kappa shape index (κ2) is 7.55. The van der Waals surface area contributed by atoms with Gasteiger partial charge in [-0.2, -0.15) is 4.99 Å². The molecule has 2 aromatic rings. The number of rotatable bonds is 4.